The van der Waals surface area contributed by atoms with Gasteiger partial charge in [0.25, 0.3) is 11.5 Å². The summed E-state index contributed by atoms with van der Waals surface area (Å²) in [6.07, 6.45) is 6.72. The van der Waals surface area contributed by atoms with Gasteiger partial charge < -0.3 is 34.7 Å². The zero-order valence-corrected chi connectivity index (χ0v) is 35.3. The highest BCUT2D eigenvalue weighted by Gasteiger charge is 2.32. The summed E-state index contributed by atoms with van der Waals surface area (Å²) < 4.78 is 16.4. The third-order valence-corrected chi connectivity index (χ3v) is 8.97. The second-order valence-corrected chi connectivity index (χ2v) is 17.5. The molecule has 4 rings (SSSR count). The molecule has 0 aliphatic heterocycles. The van der Waals surface area contributed by atoms with Gasteiger partial charge in [-0.15, -0.1) is 6.42 Å². The van der Waals surface area contributed by atoms with Crippen LogP contribution in [0.2, 0.25) is 0 Å². The molecule has 3 N–H and O–H groups in total. The summed E-state index contributed by atoms with van der Waals surface area (Å²) in [5, 5.41) is 5.85. The number of terminal acetylenes is 1. The minimum Gasteiger partial charge on any atom is -0.460 e. The summed E-state index contributed by atoms with van der Waals surface area (Å²) >= 11 is 0. The molecule has 58 heavy (non-hydrogen) atoms. The van der Waals surface area contributed by atoms with Crippen LogP contribution in [0.4, 0.5) is 5.69 Å². The molecular formula is C44H57N5O9. The maximum atomic E-state index is 13.6. The number of aromatic nitrogens is 2. The van der Waals surface area contributed by atoms with Crippen molar-refractivity contribution >= 4 is 46.3 Å². The van der Waals surface area contributed by atoms with Gasteiger partial charge in [-0.25, -0.2) is 14.6 Å². The number of nitrogens with one attached hydrogen (secondary N) is 3. The lowest BCUT2D eigenvalue weighted by Gasteiger charge is -2.30. The molecule has 14 heteroatoms. The van der Waals surface area contributed by atoms with Crippen molar-refractivity contribution in [3.8, 4) is 12.3 Å². The summed E-state index contributed by atoms with van der Waals surface area (Å²) in [6.45, 7) is 17.3. The Bertz CT molecular complexity index is 2110. The molecule has 0 fully saturated rings. The predicted molar refractivity (Wildman–Crippen MR) is 220 cm³/mol. The van der Waals surface area contributed by atoms with E-state index in [2.05, 4.69) is 31.4 Å². The number of carbonyl (C=O) groups excluding carboxylic acids is 5. The van der Waals surface area contributed by atoms with Gasteiger partial charge >= 0.3 is 17.9 Å². The van der Waals surface area contributed by atoms with Crippen LogP contribution in [0.3, 0.4) is 0 Å². The van der Waals surface area contributed by atoms with Gasteiger partial charge in [0.15, 0.2) is 0 Å². The number of hydrogen-bond donors (Lipinski definition) is 3. The Morgan fingerprint density at radius 3 is 2.00 bits per heavy atom. The Morgan fingerprint density at radius 1 is 0.862 bits per heavy atom. The standard InChI is InChI=1S/C44H57N5O9/c1-12-23-49(35-20-15-28-24-34-31(25-30(28)35)39(53)46-26(2)45-34)29-16-13-27(14-17-29)38(52)48-33(41(55)58-44(9,10)11)18-21-36(50)47-32(40(54)57-43(6,7)8)19-22-37(51)56-42(3,4)5/h1,13-14,16-17,24-25,32-33,35H,15,18-23H2,2-11H3,(H,47,50)(H,48,52)(H,45,46,53)/t32-,33+,35?/m1/s1. The highest BCUT2D eigenvalue weighted by atomic mass is 16.6. The van der Waals surface area contributed by atoms with Crippen molar-refractivity contribution in [2.45, 2.75) is 143 Å². The average Bonchev–Trinajstić information content (AvgIpc) is 3.50. The fourth-order valence-electron chi connectivity index (χ4n) is 6.63. The van der Waals surface area contributed by atoms with Crippen molar-refractivity contribution < 1.29 is 38.2 Å². The molecule has 1 aromatic heterocycles. The van der Waals surface area contributed by atoms with Crippen LogP contribution in [-0.2, 0) is 39.8 Å². The van der Waals surface area contributed by atoms with Crippen molar-refractivity contribution in [2.24, 2.45) is 0 Å². The monoisotopic (exact) mass is 799 g/mol. The normalized spacial score (nSPS) is 15.0. The number of hydrogen-bond acceptors (Lipinski definition) is 11. The first kappa shape index (κ1) is 45.0. The minimum atomic E-state index is -1.22. The number of rotatable bonds is 14. The number of H-pyrrole nitrogens is 1. The lowest BCUT2D eigenvalue weighted by molar-refractivity contribution is -0.161. The highest BCUT2D eigenvalue weighted by Crippen LogP contribution is 2.39. The number of fused-ring (bicyclic) bond motifs is 2. The Hall–Kier alpha value is -5.71. The largest absolute Gasteiger partial charge is 0.460 e. The molecule has 312 valence electrons. The quantitative estimate of drug-likeness (QED) is 0.106. The smallest absolute Gasteiger partial charge is 0.329 e. The van der Waals surface area contributed by atoms with E-state index < -0.39 is 58.6 Å². The Labute approximate surface area is 340 Å². The van der Waals surface area contributed by atoms with E-state index in [1.165, 1.54) is 0 Å². The second-order valence-electron chi connectivity index (χ2n) is 17.5. The van der Waals surface area contributed by atoms with Gasteiger partial charge in [-0.05, 0) is 142 Å². The predicted octanol–water partition coefficient (Wildman–Crippen LogP) is 5.53. The molecule has 0 spiro atoms. The molecule has 2 aromatic carbocycles. The van der Waals surface area contributed by atoms with Gasteiger partial charge in [-0.2, -0.15) is 0 Å². The Balaban J connectivity index is 1.48. The van der Waals surface area contributed by atoms with Gasteiger partial charge in [0.2, 0.25) is 5.91 Å². The van der Waals surface area contributed by atoms with E-state index in [0.29, 0.717) is 16.7 Å². The topological polar surface area (TPSA) is 186 Å². The van der Waals surface area contributed by atoms with Gasteiger partial charge in [0.1, 0.15) is 34.7 Å². The third kappa shape index (κ3) is 12.9. The molecule has 0 bridgehead atoms. The number of anilines is 1. The zero-order valence-electron chi connectivity index (χ0n) is 35.3. The molecule has 1 unspecified atom stereocenters. The fraction of sp³-hybridized carbons (Fsp3) is 0.523. The Morgan fingerprint density at radius 2 is 1.43 bits per heavy atom. The summed E-state index contributed by atoms with van der Waals surface area (Å²) in [5.41, 5.74) is 1.06. The van der Waals surface area contributed by atoms with Crippen LogP contribution in [0.1, 0.15) is 128 Å². The molecule has 1 heterocycles. The van der Waals surface area contributed by atoms with E-state index in [1.54, 1.807) is 93.5 Å². The minimum absolute atomic E-state index is 0.0717. The highest BCUT2D eigenvalue weighted by molar-refractivity contribution is 5.97. The van der Waals surface area contributed by atoms with Gasteiger partial charge in [-0.1, -0.05) is 5.92 Å². The molecule has 2 amide bonds. The Kier molecular flexibility index (Phi) is 14.2. The molecule has 3 atom stereocenters. The lowest BCUT2D eigenvalue weighted by atomic mass is 10.0. The van der Waals surface area contributed by atoms with Crippen molar-refractivity contribution in [1.29, 1.82) is 0 Å². The van der Waals surface area contributed by atoms with E-state index in [9.17, 15) is 28.8 Å². The van der Waals surface area contributed by atoms with Crippen LogP contribution in [-0.4, -0.2) is 75.1 Å². The molecule has 14 nitrogen and oxygen atoms in total. The fourth-order valence-corrected chi connectivity index (χ4v) is 6.63. The van der Waals surface area contributed by atoms with Crippen LogP contribution < -0.4 is 21.1 Å². The lowest BCUT2D eigenvalue weighted by Crippen LogP contribution is -2.47. The van der Waals surface area contributed by atoms with Crippen LogP contribution >= 0.6 is 0 Å². The number of carbonyl (C=O) groups is 5. The second kappa shape index (κ2) is 18.3. The third-order valence-electron chi connectivity index (χ3n) is 8.97. The number of aromatic amines is 1. The maximum Gasteiger partial charge on any atom is 0.329 e. The number of ether oxygens (including phenoxy) is 3. The number of benzene rings is 2. The van der Waals surface area contributed by atoms with Crippen molar-refractivity contribution in [1.82, 2.24) is 20.6 Å². The molecule has 0 saturated heterocycles. The molecule has 3 aromatic rings. The van der Waals surface area contributed by atoms with E-state index in [4.69, 9.17) is 20.6 Å². The molecule has 0 radical (unpaired) electrons. The van der Waals surface area contributed by atoms with E-state index >= 15 is 0 Å². The van der Waals surface area contributed by atoms with E-state index in [0.717, 1.165) is 29.7 Å². The van der Waals surface area contributed by atoms with Crippen LogP contribution in [0.5, 0.6) is 0 Å². The molecule has 0 saturated carbocycles. The van der Waals surface area contributed by atoms with E-state index in [-0.39, 0.29) is 49.4 Å². The first-order valence-electron chi connectivity index (χ1n) is 19.5. The molecular weight excluding hydrogens is 743 g/mol. The number of nitrogens with zero attached hydrogens (tertiary/aromatic N) is 2. The average molecular weight is 800 g/mol. The van der Waals surface area contributed by atoms with Crippen molar-refractivity contribution in [2.75, 3.05) is 11.4 Å². The van der Waals surface area contributed by atoms with Crippen molar-refractivity contribution in [3.05, 3.63) is 69.3 Å². The van der Waals surface area contributed by atoms with Gasteiger partial charge in [0, 0.05) is 24.1 Å². The first-order chi connectivity index (χ1) is 26.9. The molecule has 1 aliphatic carbocycles. The summed E-state index contributed by atoms with van der Waals surface area (Å²) in [7, 11) is 0. The first-order valence-corrected chi connectivity index (χ1v) is 19.5. The number of aryl methyl sites for hydroxylation is 2. The zero-order chi connectivity index (χ0) is 43.2. The number of amides is 2. The SMILES string of the molecule is C#CCN(c1ccc(C(=O)N[C@@H](CCC(=O)N[C@H](CCC(=O)OC(C)(C)C)C(=O)OC(C)(C)C)C(=O)OC(C)(C)C)cc1)C1CCc2cc3nc(C)[nH]c(=O)c3cc21. The summed E-state index contributed by atoms with van der Waals surface area (Å²) in [5.74, 6) is 0.103. The van der Waals surface area contributed by atoms with E-state index in [1.807, 2.05) is 12.1 Å². The van der Waals surface area contributed by atoms with Crippen LogP contribution in [0.25, 0.3) is 10.9 Å². The summed E-state index contributed by atoms with van der Waals surface area (Å²) in [4.78, 5) is 87.8. The van der Waals surface area contributed by atoms with Crippen LogP contribution in [0.15, 0.2) is 41.2 Å². The van der Waals surface area contributed by atoms with Gasteiger partial charge in [-0.3, -0.25) is 19.2 Å². The maximum absolute atomic E-state index is 13.6. The number of esters is 3. The van der Waals surface area contributed by atoms with Crippen LogP contribution in [0, 0.1) is 19.3 Å². The van der Waals surface area contributed by atoms with Crippen molar-refractivity contribution in [3.63, 3.8) is 0 Å². The van der Waals surface area contributed by atoms with Gasteiger partial charge in [0.05, 0.1) is 23.5 Å². The molecule has 1 aliphatic rings. The summed E-state index contributed by atoms with van der Waals surface area (Å²) in [6, 6.07) is 8.13.